The van der Waals surface area contributed by atoms with Crippen molar-refractivity contribution in [2.24, 2.45) is 0 Å². The molecule has 172 valence electrons. The molecule has 6 nitrogen and oxygen atoms in total. The van der Waals surface area contributed by atoms with Crippen molar-refractivity contribution in [1.82, 2.24) is 9.80 Å². The number of carbonyl (C=O) groups excluding carboxylic acids is 2. The zero-order valence-corrected chi connectivity index (χ0v) is 19.9. The third kappa shape index (κ3) is 5.61. The number of carbonyl (C=O) groups is 2. The van der Waals surface area contributed by atoms with Crippen LogP contribution in [0.25, 0.3) is 6.08 Å². The summed E-state index contributed by atoms with van der Waals surface area (Å²) in [6.45, 7) is 4.46. The number of allylic oxidation sites excluding steroid dienone is 1. The number of nitrogens with zero attached hydrogens (tertiary/aromatic N) is 2. The molecule has 1 N–H and O–H groups in total. The van der Waals surface area contributed by atoms with Gasteiger partial charge in [-0.3, -0.25) is 14.5 Å². The fraction of sp³-hybridized carbons (Fsp3) is 0.308. The average molecular weight is 511 g/mol. The van der Waals surface area contributed by atoms with Crippen molar-refractivity contribution in [1.29, 1.82) is 0 Å². The van der Waals surface area contributed by atoms with Crippen LogP contribution in [0.1, 0.15) is 23.6 Å². The number of halogens is 1. The quantitative estimate of drug-likeness (QED) is 0.540. The smallest absolute Gasteiger partial charge is 0.290 e. The topological polar surface area (TPSA) is 70.1 Å². The second kappa shape index (κ2) is 10.9. The van der Waals surface area contributed by atoms with E-state index in [0.717, 1.165) is 54.9 Å². The van der Waals surface area contributed by atoms with Gasteiger partial charge >= 0.3 is 0 Å². The zero-order chi connectivity index (χ0) is 23.2. The molecule has 1 unspecified atom stereocenters. The maximum absolute atomic E-state index is 13.2. The molecular formula is C26H27BrN2O4. The predicted molar refractivity (Wildman–Crippen MR) is 131 cm³/mol. The van der Waals surface area contributed by atoms with E-state index in [0.29, 0.717) is 6.54 Å². The van der Waals surface area contributed by atoms with Crippen molar-refractivity contribution in [2.45, 2.75) is 12.5 Å². The van der Waals surface area contributed by atoms with Gasteiger partial charge in [0.15, 0.2) is 11.5 Å². The van der Waals surface area contributed by atoms with Gasteiger partial charge < -0.3 is 14.7 Å². The molecule has 0 aromatic heterocycles. The minimum absolute atomic E-state index is 0.122. The highest BCUT2D eigenvalue weighted by atomic mass is 79.9. The molecule has 2 aliphatic rings. The fourth-order valence-electron chi connectivity index (χ4n) is 4.27. The average Bonchev–Trinajstić information content (AvgIpc) is 3.09. The van der Waals surface area contributed by atoms with Crippen LogP contribution in [0.5, 0.6) is 0 Å². The number of rotatable bonds is 8. The molecule has 4 rings (SSSR count). The van der Waals surface area contributed by atoms with E-state index in [1.54, 1.807) is 11.0 Å². The van der Waals surface area contributed by atoms with Crippen molar-refractivity contribution in [3.05, 3.63) is 87.6 Å². The molecule has 1 amide bonds. The van der Waals surface area contributed by atoms with Crippen LogP contribution in [0.15, 0.2) is 76.5 Å². The number of hydrogen-bond acceptors (Lipinski definition) is 5. The van der Waals surface area contributed by atoms with E-state index >= 15 is 0 Å². The maximum Gasteiger partial charge on any atom is 0.290 e. The first-order valence-corrected chi connectivity index (χ1v) is 11.9. The third-order valence-electron chi connectivity index (χ3n) is 5.94. The number of aliphatic hydroxyl groups is 1. The Kier molecular flexibility index (Phi) is 7.75. The Bertz CT molecular complexity index is 1060. The summed E-state index contributed by atoms with van der Waals surface area (Å²) in [7, 11) is 0. The molecule has 0 bridgehead atoms. The van der Waals surface area contributed by atoms with Gasteiger partial charge in [-0.1, -0.05) is 64.5 Å². The standard InChI is InChI=1S/C26H27BrN2O4/c27-21-9-4-8-20(18-21)24-23(22(30)11-10-19-6-2-1-3-7-19)25(31)26(32)29(24)13-5-12-28-14-16-33-17-15-28/h1-4,6-11,18,24,31H,5,12-17H2/b11-10+. The van der Waals surface area contributed by atoms with Crippen molar-refractivity contribution in [2.75, 3.05) is 39.4 Å². The summed E-state index contributed by atoms with van der Waals surface area (Å²) in [4.78, 5) is 30.2. The van der Waals surface area contributed by atoms with E-state index in [1.165, 1.54) is 6.08 Å². The summed E-state index contributed by atoms with van der Waals surface area (Å²) in [5.74, 6) is -1.34. The van der Waals surface area contributed by atoms with E-state index in [4.69, 9.17) is 4.74 Å². The Morgan fingerprint density at radius 2 is 1.85 bits per heavy atom. The first kappa shape index (κ1) is 23.4. The number of amides is 1. The van der Waals surface area contributed by atoms with Gasteiger partial charge in [-0.15, -0.1) is 0 Å². The van der Waals surface area contributed by atoms with Crippen molar-refractivity contribution in [3.63, 3.8) is 0 Å². The minimum atomic E-state index is -0.632. The highest BCUT2D eigenvalue weighted by Gasteiger charge is 2.42. The maximum atomic E-state index is 13.2. The molecule has 2 aromatic carbocycles. The van der Waals surface area contributed by atoms with Gasteiger partial charge in [0, 0.05) is 30.7 Å². The molecule has 0 radical (unpaired) electrons. The van der Waals surface area contributed by atoms with Crippen LogP contribution in [-0.4, -0.2) is 66.0 Å². The van der Waals surface area contributed by atoms with E-state index in [-0.39, 0.29) is 11.4 Å². The Morgan fingerprint density at radius 3 is 2.58 bits per heavy atom. The second-order valence-electron chi connectivity index (χ2n) is 8.13. The van der Waals surface area contributed by atoms with E-state index in [1.807, 2.05) is 54.6 Å². The molecular weight excluding hydrogens is 484 g/mol. The van der Waals surface area contributed by atoms with Gasteiger partial charge in [-0.2, -0.15) is 0 Å². The van der Waals surface area contributed by atoms with Crippen LogP contribution in [-0.2, 0) is 14.3 Å². The molecule has 1 saturated heterocycles. The summed E-state index contributed by atoms with van der Waals surface area (Å²) < 4.78 is 6.24. The lowest BCUT2D eigenvalue weighted by molar-refractivity contribution is -0.129. The molecule has 7 heteroatoms. The largest absolute Gasteiger partial charge is 0.503 e. The third-order valence-corrected chi connectivity index (χ3v) is 6.43. The normalized spacial score (nSPS) is 19.6. The van der Waals surface area contributed by atoms with Crippen LogP contribution in [0, 0.1) is 0 Å². The molecule has 2 heterocycles. The molecule has 2 aliphatic heterocycles. The lowest BCUT2D eigenvalue weighted by Crippen LogP contribution is -2.39. The molecule has 33 heavy (non-hydrogen) atoms. The number of ether oxygens (including phenoxy) is 1. The number of aliphatic hydroxyl groups excluding tert-OH is 1. The number of morpholine rings is 1. The minimum Gasteiger partial charge on any atom is -0.503 e. The molecule has 0 aliphatic carbocycles. The van der Waals surface area contributed by atoms with Gasteiger partial charge in [0.25, 0.3) is 5.91 Å². The Morgan fingerprint density at radius 1 is 1.09 bits per heavy atom. The first-order chi connectivity index (χ1) is 16.0. The fourth-order valence-corrected chi connectivity index (χ4v) is 4.69. The first-order valence-electron chi connectivity index (χ1n) is 11.1. The molecule has 0 spiro atoms. The monoisotopic (exact) mass is 510 g/mol. The van der Waals surface area contributed by atoms with Gasteiger partial charge in [0.2, 0.25) is 0 Å². The van der Waals surface area contributed by atoms with Crippen molar-refractivity contribution >= 4 is 33.7 Å². The van der Waals surface area contributed by atoms with Crippen LogP contribution in [0.3, 0.4) is 0 Å². The zero-order valence-electron chi connectivity index (χ0n) is 18.3. The van der Waals surface area contributed by atoms with Crippen LogP contribution < -0.4 is 0 Å². The lowest BCUT2D eigenvalue weighted by atomic mass is 9.95. The van der Waals surface area contributed by atoms with Crippen LogP contribution >= 0.6 is 15.9 Å². The lowest BCUT2D eigenvalue weighted by Gasteiger charge is -2.30. The number of hydrogen-bond donors (Lipinski definition) is 1. The molecule has 0 saturated carbocycles. The predicted octanol–water partition coefficient (Wildman–Crippen LogP) is 4.15. The Balaban J connectivity index is 1.57. The highest BCUT2D eigenvalue weighted by Crippen LogP contribution is 2.38. The number of ketones is 1. The second-order valence-corrected chi connectivity index (χ2v) is 9.05. The van der Waals surface area contributed by atoms with Crippen molar-refractivity contribution in [3.8, 4) is 0 Å². The Labute approximate surface area is 202 Å². The summed E-state index contributed by atoms with van der Waals surface area (Å²) >= 11 is 3.48. The van der Waals surface area contributed by atoms with Crippen LogP contribution in [0.2, 0.25) is 0 Å². The Hall–Kier alpha value is -2.74. The van der Waals surface area contributed by atoms with Gasteiger partial charge in [-0.25, -0.2) is 0 Å². The van der Waals surface area contributed by atoms with Gasteiger partial charge in [0.1, 0.15) is 0 Å². The molecule has 1 atom stereocenters. The summed E-state index contributed by atoms with van der Waals surface area (Å²) in [6, 6.07) is 16.4. The molecule has 2 aromatic rings. The van der Waals surface area contributed by atoms with Gasteiger partial charge in [-0.05, 0) is 35.8 Å². The summed E-state index contributed by atoms with van der Waals surface area (Å²) in [6.07, 6.45) is 3.87. The highest BCUT2D eigenvalue weighted by molar-refractivity contribution is 9.10. The molecule has 1 fully saturated rings. The van der Waals surface area contributed by atoms with Crippen LogP contribution in [0.4, 0.5) is 0 Å². The number of benzene rings is 2. The SMILES string of the molecule is O=C(/C=C/c1ccccc1)C1=C(O)C(=O)N(CCCN2CCOCC2)C1c1cccc(Br)c1. The van der Waals surface area contributed by atoms with E-state index in [2.05, 4.69) is 20.8 Å². The summed E-state index contributed by atoms with van der Waals surface area (Å²) in [5, 5.41) is 10.7. The van der Waals surface area contributed by atoms with E-state index < -0.39 is 17.7 Å². The van der Waals surface area contributed by atoms with Gasteiger partial charge in [0.05, 0.1) is 24.8 Å². The van der Waals surface area contributed by atoms with Crippen molar-refractivity contribution < 1.29 is 19.4 Å². The van der Waals surface area contributed by atoms with E-state index in [9.17, 15) is 14.7 Å². The summed E-state index contributed by atoms with van der Waals surface area (Å²) in [5.41, 5.74) is 1.78.